The Morgan fingerprint density at radius 2 is 1.72 bits per heavy atom. The minimum atomic E-state index is -0.520. The predicted octanol–water partition coefficient (Wildman–Crippen LogP) is 5.39. The third-order valence-electron chi connectivity index (χ3n) is 9.85. The fourth-order valence-corrected chi connectivity index (χ4v) is 8.19. The molecule has 6 aliphatic rings. The molecule has 2 N–H and O–H groups in total. The van der Waals surface area contributed by atoms with Gasteiger partial charge in [0.05, 0.1) is 41.1 Å². The van der Waals surface area contributed by atoms with Crippen LogP contribution < -0.4 is 20.2 Å². The number of piperidine rings is 1. The average Bonchev–Trinajstić information content (AvgIpc) is 2.97. The number of hydrogen-bond acceptors (Lipinski definition) is 9. The molecular weight excluding hydrogens is 544 g/mol. The monoisotopic (exact) mass is 588 g/mol. The van der Waals surface area contributed by atoms with Crippen molar-refractivity contribution in [3.8, 4) is 0 Å². The van der Waals surface area contributed by atoms with Crippen LogP contribution in [0.15, 0.2) is 47.8 Å². The van der Waals surface area contributed by atoms with Gasteiger partial charge < -0.3 is 29.9 Å². The number of hydroxylamine groups is 1. The Labute approximate surface area is 254 Å². The molecule has 0 radical (unpaired) electrons. The van der Waals surface area contributed by atoms with E-state index in [-0.39, 0.29) is 11.6 Å². The molecule has 2 aromatic rings. The molecule has 10 nitrogen and oxygen atoms in total. The summed E-state index contributed by atoms with van der Waals surface area (Å²) in [7, 11) is 0. The summed E-state index contributed by atoms with van der Waals surface area (Å²) in [4.78, 5) is 34.1. The number of carbonyl (C=O) groups is 1. The summed E-state index contributed by atoms with van der Waals surface area (Å²) in [5.74, 6) is 2.14. The number of para-hydroxylation sites is 2. The van der Waals surface area contributed by atoms with Crippen molar-refractivity contribution >= 4 is 34.7 Å². The molecule has 1 aromatic heterocycles. The molecule has 3 heterocycles. The Kier molecular flexibility index (Phi) is 7.15. The van der Waals surface area contributed by atoms with Crippen LogP contribution in [0.2, 0.25) is 0 Å². The highest BCUT2D eigenvalue weighted by atomic mass is 16.7. The van der Waals surface area contributed by atoms with Crippen molar-refractivity contribution in [3.63, 3.8) is 0 Å². The maximum atomic E-state index is 13.2. The lowest BCUT2D eigenvalue weighted by molar-refractivity contribution is -0.137. The van der Waals surface area contributed by atoms with E-state index in [1.165, 1.54) is 0 Å². The molecule has 43 heavy (non-hydrogen) atoms. The van der Waals surface area contributed by atoms with E-state index in [1.54, 1.807) is 5.06 Å². The fraction of sp³-hybridized carbons (Fsp3) is 0.606. The standard InChI is InChI=1S/C33H44N6O4/c1-32(2,3)43-36-25-10-12-37(13-11-25)26-8-9-29(34-21-26)38-14-15-39(28-7-5-4-6-27(28)38)42-31(40)35-30-23-16-22-17-24(30)20-33(41,18-22)19-23/h4-9,21-24,30,41H,10-20H2,1-3H3,(H,35,40)/t22?,23-,24+,30?,33?. The van der Waals surface area contributed by atoms with Crippen molar-refractivity contribution in [2.45, 2.75) is 83.0 Å². The molecule has 3 unspecified atom stereocenters. The van der Waals surface area contributed by atoms with Gasteiger partial charge in [0.25, 0.3) is 0 Å². The molecule has 5 fully saturated rings. The van der Waals surface area contributed by atoms with E-state index in [0.717, 1.165) is 86.6 Å². The molecule has 1 aromatic carbocycles. The predicted molar refractivity (Wildman–Crippen MR) is 167 cm³/mol. The minimum Gasteiger partial charge on any atom is -0.390 e. The van der Waals surface area contributed by atoms with Crippen molar-refractivity contribution in [1.82, 2.24) is 10.3 Å². The van der Waals surface area contributed by atoms with Gasteiger partial charge in [0, 0.05) is 38.5 Å². The van der Waals surface area contributed by atoms with Crippen molar-refractivity contribution in [1.29, 1.82) is 0 Å². The summed E-state index contributed by atoms with van der Waals surface area (Å²) in [5, 5.41) is 20.2. The Balaban J connectivity index is 0.982. The van der Waals surface area contributed by atoms with Gasteiger partial charge in [0.1, 0.15) is 11.4 Å². The molecule has 10 heteroatoms. The van der Waals surface area contributed by atoms with E-state index in [2.05, 4.69) is 32.4 Å². The van der Waals surface area contributed by atoms with Crippen molar-refractivity contribution < 1.29 is 19.6 Å². The van der Waals surface area contributed by atoms with Gasteiger partial charge in [-0.15, -0.1) is 0 Å². The Morgan fingerprint density at radius 1 is 1.00 bits per heavy atom. The summed E-state index contributed by atoms with van der Waals surface area (Å²) < 4.78 is 0. The van der Waals surface area contributed by atoms with Gasteiger partial charge in [0.15, 0.2) is 0 Å². The number of aromatic nitrogens is 1. The fourth-order valence-electron chi connectivity index (χ4n) is 8.19. The zero-order valence-electron chi connectivity index (χ0n) is 25.5. The van der Waals surface area contributed by atoms with Crippen LogP contribution in [0, 0.1) is 17.8 Å². The highest BCUT2D eigenvalue weighted by Crippen LogP contribution is 2.55. The molecule has 230 valence electrons. The van der Waals surface area contributed by atoms with Crippen LogP contribution in [0.3, 0.4) is 0 Å². The van der Waals surface area contributed by atoms with E-state index in [0.29, 0.717) is 30.8 Å². The molecule has 4 aliphatic carbocycles. The SMILES string of the molecule is CC(C)(C)ON=C1CCN(c2ccc(N3CCN(OC(=O)NC4[C@@H]5CC6C[C@H]4CC(O)(C6)C5)c4ccccc43)nc2)CC1. The number of nitrogens with zero attached hydrogens (tertiary/aromatic N) is 5. The number of amides is 1. The third kappa shape index (κ3) is 5.86. The van der Waals surface area contributed by atoms with Crippen LogP contribution in [0.5, 0.6) is 0 Å². The number of nitrogens with one attached hydrogen (secondary N) is 1. The summed E-state index contributed by atoms with van der Waals surface area (Å²) in [6.07, 6.45) is 8.00. The largest absolute Gasteiger partial charge is 0.431 e. The highest BCUT2D eigenvalue weighted by Gasteiger charge is 2.55. The number of carbonyl (C=O) groups excluding carboxylic acids is 1. The van der Waals surface area contributed by atoms with E-state index in [4.69, 9.17) is 14.7 Å². The number of benzene rings is 1. The lowest BCUT2D eigenvalue weighted by atomic mass is 9.52. The smallest absolute Gasteiger partial charge is 0.390 e. The number of anilines is 4. The number of aliphatic hydroxyl groups is 1. The number of fused-ring (bicyclic) bond motifs is 1. The third-order valence-corrected chi connectivity index (χ3v) is 9.85. The first-order chi connectivity index (χ1) is 20.6. The van der Waals surface area contributed by atoms with E-state index in [9.17, 15) is 9.90 Å². The van der Waals surface area contributed by atoms with Gasteiger partial charge in [0.2, 0.25) is 0 Å². The van der Waals surface area contributed by atoms with Gasteiger partial charge >= 0.3 is 6.09 Å². The van der Waals surface area contributed by atoms with Crippen molar-refractivity contribution in [3.05, 3.63) is 42.6 Å². The zero-order valence-corrected chi connectivity index (χ0v) is 25.5. The van der Waals surface area contributed by atoms with Gasteiger partial charge in [-0.2, -0.15) is 0 Å². The molecule has 1 amide bonds. The van der Waals surface area contributed by atoms with Crippen LogP contribution in [0.4, 0.5) is 27.7 Å². The zero-order chi connectivity index (χ0) is 29.8. The van der Waals surface area contributed by atoms with Gasteiger partial charge in [-0.3, -0.25) is 0 Å². The van der Waals surface area contributed by atoms with Crippen LogP contribution >= 0.6 is 0 Å². The minimum absolute atomic E-state index is 0.0826. The normalized spacial score (nSPS) is 29.8. The second-order valence-corrected chi connectivity index (χ2v) is 14.2. The first-order valence-corrected chi connectivity index (χ1v) is 15.9. The first kappa shape index (κ1) is 28.3. The number of hydrogen-bond donors (Lipinski definition) is 2. The van der Waals surface area contributed by atoms with Gasteiger partial charge in [-0.05, 0) is 94.9 Å². The Hall–Kier alpha value is -3.53. The number of rotatable bonds is 5. The van der Waals surface area contributed by atoms with Crippen LogP contribution in [0.1, 0.15) is 65.7 Å². The summed E-state index contributed by atoms with van der Waals surface area (Å²) >= 11 is 0. The quantitative estimate of drug-likeness (QED) is 0.448. The molecule has 4 bridgehead atoms. The summed E-state index contributed by atoms with van der Waals surface area (Å²) in [6.45, 7) is 8.97. The van der Waals surface area contributed by atoms with Crippen molar-refractivity contribution in [2.75, 3.05) is 41.0 Å². The van der Waals surface area contributed by atoms with Gasteiger partial charge in [-0.1, -0.05) is 17.3 Å². The molecule has 8 rings (SSSR count). The maximum Gasteiger partial charge on any atom is 0.431 e. The molecule has 2 aliphatic heterocycles. The highest BCUT2D eigenvalue weighted by molar-refractivity contribution is 5.86. The van der Waals surface area contributed by atoms with E-state index in [1.807, 2.05) is 51.2 Å². The Bertz CT molecular complexity index is 1350. The molecule has 1 saturated heterocycles. The van der Waals surface area contributed by atoms with Gasteiger partial charge in [-0.25, -0.2) is 14.8 Å². The number of pyridine rings is 1. The second-order valence-electron chi connectivity index (χ2n) is 14.2. The van der Waals surface area contributed by atoms with Crippen LogP contribution in [0.25, 0.3) is 0 Å². The summed E-state index contributed by atoms with van der Waals surface area (Å²) in [6, 6.07) is 12.3. The molecule has 4 saturated carbocycles. The van der Waals surface area contributed by atoms with Crippen LogP contribution in [-0.2, 0) is 9.68 Å². The molecule has 5 atom stereocenters. The summed E-state index contributed by atoms with van der Waals surface area (Å²) in [5.41, 5.74) is 3.21. The maximum absolute atomic E-state index is 13.2. The number of oxime groups is 1. The molecular formula is C33H44N6O4. The Morgan fingerprint density at radius 3 is 2.37 bits per heavy atom. The van der Waals surface area contributed by atoms with Crippen LogP contribution in [-0.4, -0.2) is 65.3 Å². The average molecular weight is 589 g/mol. The topological polar surface area (TPSA) is 103 Å². The lowest BCUT2D eigenvalue weighted by Gasteiger charge is -2.57. The van der Waals surface area contributed by atoms with Crippen molar-refractivity contribution in [2.24, 2.45) is 22.9 Å². The molecule has 0 spiro atoms. The first-order valence-electron chi connectivity index (χ1n) is 15.9. The second kappa shape index (κ2) is 10.9. The van der Waals surface area contributed by atoms with E-state index >= 15 is 0 Å². The lowest BCUT2D eigenvalue weighted by Crippen LogP contribution is -2.62. The van der Waals surface area contributed by atoms with E-state index < -0.39 is 11.7 Å².